The van der Waals surface area contributed by atoms with Gasteiger partial charge in [-0.15, -0.1) is 0 Å². The van der Waals surface area contributed by atoms with Crippen molar-refractivity contribution in [3.05, 3.63) is 30.1 Å². The van der Waals surface area contributed by atoms with Crippen LogP contribution in [0.2, 0.25) is 0 Å². The van der Waals surface area contributed by atoms with Crippen molar-refractivity contribution in [1.29, 1.82) is 0 Å². The zero-order valence-electron chi connectivity index (χ0n) is 12.9. The van der Waals surface area contributed by atoms with Gasteiger partial charge in [-0.25, -0.2) is 13.8 Å². The highest BCUT2D eigenvalue weighted by Gasteiger charge is 2.46. The van der Waals surface area contributed by atoms with E-state index >= 15 is 0 Å². The monoisotopic (exact) mass is 323 g/mol. The molecular weight excluding hydrogens is 304 g/mol. The standard InChI is InChI=1S/C16H19F2N3O2/c1-2-14-19-12-5-3-4-6-13(12)20(14)8-15(23)21-10-16(17,18)7-11(21)9-22/h3-6,11,22H,2,7-10H2,1H3. The summed E-state index contributed by atoms with van der Waals surface area (Å²) in [5.41, 5.74) is 1.59. The Kier molecular flexibility index (Phi) is 4.06. The number of benzene rings is 1. The average Bonchev–Trinajstić information content (AvgIpc) is 3.04. The predicted molar refractivity (Wildman–Crippen MR) is 81.3 cm³/mol. The quantitative estimate of drug-likeness (QED) is 0.934. The van der Waals surface area contributed by atoms with Crippen LogP contribution in [0, 0.1) is 0 Å². The van der Waals surface area contributed by atoms with Crippen molar-refractivity contribution in [3.8, 4) is 0 Å². The fraction of sp³-hybridized carbons (Fsp3) is 0.500. The highest BCUT2D eigenvalue weighted by molar-refractivity contribution is 5.81. The third-order valence-electron chi connectivity index (χ3n) is 4.25. The van der Waals surface area contributed by atoms with Crippen molar-refractivity contribution in [2.24, 2.45) is 0 Å². The van der Waals surface area contributed by atoms with Crippen molar-refractivity contribution in [2.75, 3.05) is 13.2 Å². The number of alkyl halides is 2. The first kappa shape index (κ1) is 15.9. The highest BCUT2D eigenvalue weighted by atomic mass is 19.3. The van der Waals surface area contributed by atoms with E-state index < -0.39 is 37.4 Å². The van der Waals surface area contributed by atoms with Gasteiger partial charge in [-0.1, -0.05) is 19.1 Å². The number of amides is 1. The predicted octanol–water partition coefficient (Wildman–Crippen LogP) is 1.83. The average molecular weight is 323 g/mol. The lowest BCUT2D eigenvalue weighted by Gasteiger charge is -2.23. The molecule has 1 aromatic carbocycles. The Labute approximate surface area is 132 Å². The molecule has 23 heavy (non-hydrogen) atoms. The highest BCUT2D eigenvalue weighted by Crippen LogP contribution is 2.32. The summed E-state index contributed by atoms with van der Waals surface area (Å²) in [5.74, 6) is -2.61. The third kappa shape index (κ3) is 2.93. The molecule has 1 saturated heterocycles. The summed E-state index contributed by atoms with van der Waals surface area (Å²) in [6.07, 6.45) is 0.155. The number of likely N-dealkylation sites (tertiary alicyclic amines) is 1. The van der Waals surface area contributed by atoms with E-state index in [-0.39, 0.29) is 6.54 Å². The molecule has 5 nitrogen and oxygen atoms in total. The van der Waals surface area contributed by atoms with Crippen molar-refractivity contribution < 1.29 is 18.7 Å². The maximum Gasteiger partial charge on any atom is 0.267 e. The van der Waals surface area contributed by atoms with Crippen molar-refractivity contribution in [2.45, 2.75) is 38.3 Å². The molecule has 1 unspecified atom stereocenters. The number of para-hydroxylation sites is 2. The lowest BCUT2D eigenvalue weighted by Crippen LogP contribution is -2.40. The molecule has 0 saturated carbocycles. The fourth-order valence-corrected chi connectivity index (χ4v) is 3.15. The van der Waals surface area contributed by atoms with Crippen LogP contribution < -0.4 is 0 Å². The number of halogens is 2. The molecule has 1 aromatic heterocycles. The molecule has 1 aliphatic rings. The normalized spacial score (nSPS) is 20.3. The molecule has 0 radical (unpaired) electrons. The molecule has 1 N–H and O–H groups in total. The fourth-order valence-electron chi connectivity index (χ4n) is 3.15. The number of nitrogens with zero attached hydrogens (tertiary/aromatic N) is 3. The molecular formula is C16H19F2N3O2. The maximum absolute atomic E-state index is 13.5. The van der Waals surface area contributed by atoms with E-state index in [0.717, 1.165) is 21.8 Å². The topological polar surface area (TPSA) is 58.4 Å². The number of aliphatic hydroxyl groups is 1. The largest absolute Gasteiger partial charge is 0.394 e. The maximum atomic E-state index is 13.5. The number of aliphatic hydroxyl groups excluding tert-OH is 1. The molecule has 1 atom stereocenters. The van der Waals surface area contributed by atoms with Crippen LogP contribution in [0.25, 0.3) is 11.0 Å². The van der Waals surface area contributed by atoms with Gasteiger partial charge in [-0.05, 0) is 12.1 Å². The first-order valence-corrected chi connectivity index (χ1v) is 7.67. The molecule has 0 spiro atoms. The van der Waals surface area contributed by atoms with Gasteiger partial charge in [0.05, 0.1) is 30.2 Å². The van der Waals surface area contributed by atoms with Gasteiger partial charge in [0.2, 0.25) is 5.91 Å². The first-order valence-electron chi connectivity index (χ1n) is 7.67. The third-order valence-corrected chi connectivity index (χ3v) is 4.25. The minimum Gasteiger partial charge on any atom is -0.394 e. The van der Waals surface area contributed by atoms with Crippen LogP contribution in [0.5, 0.6) is 0 Å². The van der Waals surface area contributed by atoms with E-state index in [9.17, 15) is 18.7 Å². The van der Waals surface area contributed by atoms with Crippen molar-refractivity contribution in [1.82, 2.24) is 14.5 Å². The summed E-state index contributed by atoms with van der Waals surface area (Å²) in [7, 11) is 0. The van der Waals surface area contributed by atoms with Gasteiger partial charge in [-0.2, -0.15) is 0 Å². The number of rotatable bonds is 4. The zero-order chi connectivity index (χ0) is 16.6. The van der Waals surface area contributed by atoms with E-state index in [1.54, 1.807) is 4.57 Å². The van der Waals surface area contributed by atoms with Crippen molar-refractivity contribution >= 4 is 16.9 Å². The molecule has 0 aliphatic carbocycles. The van der Waals surface area contributed by atoms with Crippen LogP contribution in [0.4, 0.5) is 8.78 Å². The van der Waals surface area contributed by atoms with E-state index in [1.165, 1.54) is 0 Å². The Morgan fingerprint density at radius 3 is 2.87 bits per heavy atom. The number of hydrogen-bond acceptors (Lipinski definition) is 3. The molecule has 124 valence electrons. The molecule has 2 aromatic rings. The van der Waals surface area contributed by atoms with Gasteiger partial charge in [0, 0.05) is 12.8 Å². The van der Waals surface area contributed by atoms with Gasteiger partial charge in [0.15, 0.2) is 0 Å². The van der Waals surface area contributed by atoms with Gasteiger partial charge < -0.3 is 14.6 Å². The number of hydrogen-bond donors (Lipinski definition) is 1. The summed E-state index contributed by atoms with van der Waals surface area (Å²) in [4.78, 5) is 18.1. The van der Waals surface area contributed by atoms with E-state index in [2.05, 4.69) is 4.98 Å². The second-order valence-electron chi connectivity index (χ2n) is 5.87. The van der Waals surface area contributed by atoms with E-state index in [1.807, 2.05) is 31.2 Å². The summed E-state index contributed by atoms with van der Waals surface area (Å²) in [5, 5.41) is 9.27. The van der Waals surface area contributed by atoms with Gasteiger partial charge in [0.25, 0.3) is 5.92 Å². The lowest BCUT2D eigenvalue weighted by atomic mass is 10.2. The summed E-state index contributed by atoms with van der Waals surface area (Å²) < 4.78 is 28.9. The van der Waals surface area contributed by atoms with Crippen molar-refractivity contribution in [3.63, 3.8) is 0 Å². The Morgan fingerprint density at radius 2 is 2.17 bits per heavy atom. The molecule has 3 rings (SSSR count). The molecule has 7 heteroatoms. The summed E-state index contributed by atoms with van der Waals surface area (Å²) in [6, 6.07) is 6.61. The Hall–Kier alpha value is -2.02. The Morgan fingerprint density at radius 1 is 1.43 bits per heavy atom. The van der Waals surface area contributed by atoms with Crippen LogP contribution >= 0.6 is 0 Å². The summed E-state index contributed by atoms with van der Waals surface area (Å²) in [6.45, 7) is 0.802. The van der Waals surface area contributed by atoms with Crippen LogP contribution in [-0.2, 0) is 17.8 Å². The van der Waals surface area contributed by atoms with Crippen LogP contribution in [-0.4, -0.2) is 50.6 Å². The molecule has 1 fully saturated rings. The molecule has 0 bridgehead atoms. The number of aryl methyl sites for hydroxylation is 1. The lowest BCUT2D eigenvalue weighted by molar-refractivity contribution is -0.134. The minimum absolute atomic E-state index is 0.0454. The second kappa shape index (κ2) is 5.88. The van der Waals surface area contributed by atoms with E-state index in [0.29, 0.717) is 6.42 Å². The zero-order valence-corrected chi connectivity index (χ0v) is 12.9. The van der Waals surface area contributed by atoms with Gasteiger partial charge in [-0.3, -0.25) is 4.79 Å². The van der Waals surface area contributed by atoms with Crippen LogP contribution in [0.15, 0.2) is 24.3 Å². The number of carbonyl (C=O) groups is 1. The molecule has 1 amide bonds. The number of aromatic nitrogens is 2. The second-order valence-corrected chi connectivity index (χ2v) is 5.87. The molecule has 2 heterocycles. The Bertz CT molecular complexity index is 729. The van der Waals surface area contributed by atoms with Crippen LogP contribution in [0.1, 0.15) is 19.2 Å². The van der Waals surface area contributed by atoms with Gasteiger partial charge in [0.1, 0.15) is 12.4 Å². The van der Waals surface area contributed by atoms with E-state index in [4.69, 9.17) is 0 Å². The Balaban J connectivity index is 1.88. The number of fused-ring (bicyclic) bond motifs is 1. The SMILES string of the molecule is CCc1nc2ccccc2n1CC(=O)N1CC(F)(F)CC1CO. The smallest absolute Gasteiger partial charge is 0.267 e. The molecule has 1 aliphatic heterocycles. The van der Waals surface area contributed by atoms with Crippen LogP contribution in [0.3, 0.4) is 0 Å². The van der Waals surface area contributed by atoms with Gasteiger partial charge >= 0.3 is 0 Å². The first-order chi connectivity index (χ1) is 10.9. The number of imidazole rings is 1. The summed E-state index contributed by atoms with van der Waals surface area (Å²) >= 11 is 0. The number of carbonyl (C=O) groups excluding carboxylic acids is 1. The minimum atomic E-state index is -2.94.